The molecular weight excluding hydrogens is 397 g/mol. The molecule has 1 aliphatic heterocycles. The van der Waals surface area contributed by atoms with Gasteiger partial charge in [0, 0.05) is 4.90 Å². The van der Waals surface area contributed by atoms with Crippen LogP contribution < -0.4 is 20.1 Å². The molecule has 2 N–H and O–H groups in total. The lowest BCUT2D eigenvalue weighted by Crippen LogP contribution is -2.34. The summed E-state index contributed by atoms with van der Waals surface area (Å²) in [7, 11) is 0. The number of rotatable bonds is 6. The van der Waals surface area contributed by atoms with Gasteiger partial charge in [-0.05, 0) is 30.3 Å². The summed E-state index contributed by atoms with van der Waals surface area (Å²) in [6, 6.07) is 6.87. The number of carbonyl (C=O) groups excluding carboxylic acids is 2. The average Bonchev–Trinajstić information content (AvgIpc) is 2.71. The lowest BCUT2D eigenvalue weighted by atomic mass is 10.2. The summed E-state index contributed by atoms with van der Waals surface area (Å²) < 4.78 is 50.4. The smallest absolute Gasteiger partial charge is 0.243 e. The Kier molecular flexibility index (Phi) is 6.30. The molecule has 0 spiro atoms. The van der Waals surface area contributed by atoms with Gasteiger partial charge in [0.1, 0.15) is 13.2 Å². The number of ether oxygens (including phenoxy) is 2. The summed E-state index contributed by atoms with van der Waals surface area (Å²) in [5.74, 6) is -4.48. The number of thioether (sulfide) groups is 1. The van der Waals surface area contributed by atoms with Crippen molar-refractivity contribution in [2.75, 3.05) is 30.8 Å². The highest BCUT2D eigenvalue weighted by Crippen LogP contribution is 2.34. The van der Waals surface area contributed by atoms with Crippen LogP contribution in [0, 0.1) is 17.5 Å². The maximum atomic E-state index is 13.5. The highest BCUT2D eigenvalue weighted by atomic mass is 32.2. The van der Waals surface area contributed by atoms with Crippen LogP contribution in [0.2, 0.25) is 0 Å². The molecule has 0 atom stereocenters. The third-order valence-corrected chi connectivity index (χ3v) is 4.63. The van der Waals surface area contributed by atoms with Crippen molar-refractivity contribution in [2.45, 2.75) is 4.90 Å². The van der Waals surface area contributed by atoms with Crippen molar-refractivity contribution in [3.8, 4) is 11.5 Å². The monoisotopic (exact) mass is 412 g/mol. The Labute approximate surface area is 162 Å². The van der Waals surface area contributed by atoms with E-state index in [4.69, 9.17) is 9.47 Å². The quantitative estimate of drug-likeness (QED) is 0.564. The Morgan fingerprint density at radius 2 is 1.71 bits per heavy atom. The maximum absolute atomic E-state index is 13.5. The first-order valence-corrected chi connectivity index (χ1v) is 9.15. The number of hydrogen-bond donors (Lipinski definition) is 2. The first kappa shape index (κ1) is 19.9. The lowest BCUT2D eigenvalue weighted by Gasteiger charge is -2.18. The normalized spacial score (nSPS) is 12.4. The second-order valence-corrected chi connectivity index (χ2v) is 6.69. The molecule has 10 heteroatoms. The molecule has 0 aromatic heterocycles. The van der Waals surface area contributed by atoms with Gasteiger partial charge in [0.15, 0.2) is 29.0 Å². The van der Waals surface area contributed by atoms with Gasteiger partial charge in [0.2, 0.25) is 11.8 Å². The molecule has 0 aliphatic carbocycles. The van der Waals surface area contributed by atoms with E-state index < -0.39 is 41.5 Å². The Bertz CT molecular complexity index is 911. The van der Waals surface area contributed by atoms with Gasteiger partial charge in [-0.1, -0.05) is 0 Å². The van der Waals surface area contributed by atoms with Crippen LogP contribution in [0.1, 0.15) is 0 Å². The molecule has 0 radical (unpaired) electrons. The molecule has 0 saturated carbocycles. The number of nitrogens with one attached hydrogen (secondary N) is 2. The fourth-order valence-electron chi connectivity index (χ4n) is 2.31. The van der Waals surface area contributed by atoms with E-state index >= 15 is 0 Å². The summed E-state index contributed by atoms with van der Waals surface area (Å²) in [6.45, 7) is 0.493. The number of amides is 2. The van der Waals surface area contributed by atoms with Crippen LogP contribution in [-0.4, -0.2) is 37.3 Å². The highest BCUT2D eigenvalue weighted by molar-refractivity contribution is 8.00. The first-order chi connectivity index (χ1) is 13.4. The first-order valence-electron chi connectivity index (χ1n) is 8.16. The lowest BCUT2D eigenvalue weighted by molar-refractivity contribution is -0.122. The molecule has 0 bridgehead atoms. The van der Waals surface area contributed by atoms with Gasteiger partial charge in [-0.25, -0.2) is 13.2 Å². The van der Waals surface area contributed by atoms with Crippen LogP contribution >= 0.6 is 11.8 Å². The largest absolute Gasteiger partial charge is 0.486 e. The molecule has 0 unspecified atom stereocenters. The molecule has 2 amide bonds. The number of halogens is 3. The van der Waals surface area contributed by atoms with Crippen LogP contribution in [0.4, 0.5) is 18.9 Å². The predicted octanol–water partition coefficient (Wildman–Crippen LogP) is 2.72. The molecule has 148 valence electrons. The molecule has 1 heterocycles. The van der Waals surface area contributed by atoms with Gasteiger partial charge < -0.3 is 20.1 Å². The SMILES string of the molecule is O=C(CSc1ccc2c(c1)OCCO2)NCC(=O)Nc1ccc(F)c(F)c1F. The minimum absolute atomic E-state index is 0.0342. The zero-order chi connectivity index (χ0) is 20.1. The zero-order valence-corrected chi connectivity index (χ0v) is 15.2. The molecule has 2 aromatic carbocycles. The molecule has 1 aliphatic rings. The Hall–Kier alpha value is -2.88. The van der Waals surface area contributed by atoms with Crippen molar-refractivity contribution in [1.29, 1.82) is 0 Å². The van der Waals surface area contributed by atoms with E-state index in [0.29, 0.717) is 30.8 Å². The second-order valence-electron chi connectivity index (χ2n) is 5.64. The molecule has 3 rings (SSSR count). The fourth-order valence-corrected chi connectivity index (χ4v) is 3.06. The number of carbonyl (C=O) groups is 2. The molecule has 0 saturated heterocycles. The summed E-state index contributed by atoms with van der Waals surface area (Å²) in [5.41, 5.74) is -0.510. The fraction of sp³-hybridized carbons (Fsp3) is 0.222. The van der Waals surface area contributed by atoms with E-state index in [9.17, 15) is 22.8 Å². The summed E-state index contributed by atoms with van der Waals surface area (Å²) in [5, 5.41) is 4.43. The van der Waals surface area contributed by atoms with Gasteiger partial charge in [0.25, 0.3) is 0 Å². The summed E-state index contributed by atoms with van der Waals surface area (Å²) >= 11 is 1.23. The zero-order valence-electron chi connectivity index (χ0n) is 14.4. The van der Waals surface area contributed by atoms with Crippen molar-refractivity contribution in [3.63, 3.8) is 0 Å². The van der Waals surface area contributed by atoms with E-state index in [2.05, 4.69) is 10.6 Å². The average molecular weight is 412 g/mol. The minimum Gasteiger partial charge on any atom is -0.486 e. The molecule has 2 aromatic rings. The third-order valence-electron chi connectivity index (χ3n) is 3.64. The van der Waals surface area contributed by atoms with Gasteiger partial charge in [0.05, 0.1) is 18.0 Å². The van der Waals surface area contributed by atoms with Crippen LogP contribution in [0.5, 0.6) is 11.5 Å². The second kappa shape index (κ2) is 8.87. The van der Waals surface area contributed by atoms with E-state index in [1.54, 1.807) is 18.2 Å². The minimum atomic E-state index is -1.68. The van der Waals surface area contributed by atoms with Crippen LogP contribution in [0.25, 0.3) is 0 Å². The van der Waals surface area contributed by atoms with Crippen LogP contribution in [-0.2, 0) is 9.59 Å². The predicted molar refractivity (Wildman–Crippen MR) is 96.1 cm³/mol. The maximum Gasteiger partial charge on any atom is 0.243 e. The van der Waals surface area contributed by atoms with Crippen molar-refractivity contribution in [1.82, 2.24) is 5.32 Å². The van der Waals surface area contributed by atoms with Crippen molar-refractivity contribution in [2.24, 2.45) is 0 Å². The van der Waals surface area contributed by atoms with Crippen molar-refractivity contribution < 1.29 is 32.2 Å². The molecule has 28 heavy (non-hydrogen) atoms. The van der Waals surface area contributed by atoms with Crippen LogP contribution in [0.15, 0.2) is 35.2 Å². The third kappa shape index (κ3) is 4.89. The summed E-state index contributed by atoms with van der Waals surface area (Å²) in [6.07, 6.45) is 0. The number of benzene rings is 2. The Balaban J connectivity index is 1.45. The topological polar surface area (TPSA) is 76.7 Å². The van der Waals surface area contributed by atoms with Gasteiger partial charge in [-0.2, -0.15) is 0 Å². The van der Waals surface area contributed by atoms with Crippen molar-refractivity contribution >= 4 is 29.3 Å². The van der Waals surface area contributed by atoms with E-state index in [-0.39, 0.29) is 5.75 Å². The van der Waals surface area contributed by atoms with E-state index in [0.717, 1.165) is 11.0 Å². The standard InChI is InChI=1S/C18H15F3N2O4S/c19-11-2-3-12(18(21)17(11)20)23-15(24)8-22-16(25)9-28-10-1-4-13-14(7-10)27-6-5-26-13/h1-4,7H,5-6,8-9H2,(H,22,25)(H,23,24). The number of hydrogen-bond acceptors (Lipinski definition) is 5. The van der Waals surface area contributed by atoms with Gasteiger partial charge >= 0.3 is 0 Å². The molecule has 6 nitrogen and oxygen atoms in total. The van der Waals surface area contributed by atoms with Gasteiger partial charge in [-0.15, -0.1) is 11.8 Å². The molecule has 0 fully saturated rings. The molecular formula is C18H15F3N2O4S. The Morgan fingerprint density at radius 1 is 0.964 bits per heavy atom. The Morgan fingerprint density at radius 3 is 2.50 bits per heavy atom. The highest BCUT2D eigenvalue weighted by Gasteiger charge is 2.16. The van der Waals surface area contributed by atoms with Crippen LogP contribution in [0.3, 0.4) is 0 Å². The van der Waals surface area contributed by atoms with Crippen molar-refractivity contribution in [3.05, 3.63) is 47.8 Å². The van der Waals surface area contributed by atoms with E-state index in [1.807, 2.05) is 0 Å². The number of fused-ring (bicyclic) bond motifs is 1. The van der Waals surface area contributed by atoms with E-state index in [1.165, 1.54) is 11.8 Å². The summed E-state index contributed by atoms with van der Waals surface area (Å²) in [4.78, 5) is 24.4. The number of anilines is 1. The van der Waals surface area contributed by atoms with Gasteiger partial charge in [-0.3, -0.25) is 9.59 Å².